The van der Waals surface area contributed by atoms with Crippen LogP contribution >= 0.6 is 0 Å². The van der Waals surface area contributed by atoms with Crippen molar-refractivity contribution in [1.29, 1.82) is 0 Å². The van der Waals surface area contributed by atoms with Crippen molar-refractivity contribution in [2.75, 3.05) is 62.7 Å². The molecule has 0 saturated carbocycles. The molecule has 3 atom stereocenters. The second-order valence-electron chi connectivity index (χ2n) is 10.4. The molecule has 0 radical (unpaired) electrons. The highest BCUT2D eigenvalue weighted by Crippen LogP contribution is 2.40. The number of fused-ring (bicyclic) bond motifs is 1. The van der Waals surface area contributed by atoms with Gasteiger partial charge in [-0.3, -0.25) is 4.79 Å². The molecule has 3 unspecified atom stereocenters. The fourth-order valence-electron chi connectivity index (χ4n) is 6.03. The van der Waals surface area contributed by atoms with Gasteiger partial charge in [-0.15, -0.1) is 0 Å². The van der Waals surface area contributed by atoms with Crippen molar-refractivity contribution in [2.45, 2.75) is 51.1 Å². The third kappa shape index (κ3) is 4.99. The summed E-state index contributed by atoms with van der Waals surface area (Å²) < 4.78 is 5.99. The first kappa shape index (κ1) is 24.0. The molecular formula is C29H40N4O2. The lowest BCUT2D eigenvalue weighted by atomic mass is 9.94. The van der Waals surface area contributed by atoms with Crippen LogP contribution in [-0.2, 0) is 4.79 Å². The molecule has 5 rings (SSSR count). The molecule has 35 heavy (non-hydrogen) atoms. The number of para-hydroxylation sites is 1. The molecule has 0 aromatic heterocycles. The Morgan fingerprint density at radius 3 is 2.43 bits per heavy atom. The summed E-state index contributed by atoms with van der Waals surface area (Å²) in [6, 6.07) is 17.7. The number of hydrogen-bond donors (Lipinski definition) is 0. The number of hydrogen-bond acceptors (Lipinski definition) is 5. The van der Waals surface area contributed by atoms with Crippen molar-refractivity contribution in [3.63, 3.8) is 0 Å². The van der Waals surface area contributed by atoms with Gasteiger partial charge >= 0.3 is 0 Å². The fourth-order valence-corrected chi connectivity index (χ4v) is 6.03. The number of likely N-dealkylation sites (tertiary alicyclic amines) is 1. The van der Waals surface area contributed by atoms with E-state index in [2.05, 4.69) is 83.0 Å². The Labute approximate surface area is 210 Å². The summed E-state index contributed by atoms with van der Waals surface area (Å²) in [5, 5.41) is 0. The minimum Gasteiger partial charge on any atom is -0.494 e. The monoisotopic (exact) mass is 476 g/mol. The third-order valence-corrected chi connectivity index (χ3v) is 8.35. The highest BCUT2D eigenvalue weighted by atomic mass is 16.5. The van der Waals surface area contributed by atoms with Gasteiger partial charge in [-0.1, -0.05) is 18.2 Å². The van der Waals surface area contributed by atoms with Gasteiger partial charge in [0.15, 0.2) is 0 Å². The number of nitrogens with zero attached hydrogens (tertiary/aromatic N) is 4. The SMILES string of the molecule is CC1CCCN1CCCOc1ccc(N2CCN(C(=O)C3c4ccccc4N(C)C3C)CC2)cc1. The summed E-state index contributed by atoms with van der Waals surface area (Å²) in [7, 11) is 2.09. The Morgan fingerprint density at radius 2 is 1.71 bits per heavy atom. The maximum absolute atomic E-state index is 13.5. The standard InChI is InChI=1S/C29H40N4O2/c1-22-8-6-15-31(22)16-7-21-35-25-13-11-24(12-14-25)32-17-19-33(20-18-32)29(34)28-23(2)30(3)27-10-5-4-9-26(27)28/h4-5,9-14,22-23,28H,6-8,15-21H2,1-3H3. The quantitative estimate of drug-likeness (QED) is 0.560. The molecule has 0 N–H and O–H groups in total. The van der Waals surface area contributed by atoms with E-state index >= 15 is 0 Å². The third-order valence-electron chi connectivity index (χ3n) is 8.35. The first-order valence-corrected chi connectivity index (χ1v) is 13.4. The van der Waals surface area contributed by atoms with Crippen LogP contribution in [0.5, 0.6) is 5.75 Å². The molecule has 0 spiro atoms. The second kappa shape index (κ2) is 10.5. The number of ether oxygens (including phenoxy) is 1. The van der Waals surface area contributed by atoms with Crippen LogP contribution in [0.25, 0.3) is 0 Å². The molecule has 1 amide bonds. The first-order valence-electron chi connectivity index (χ1n) is 13.4. The normalized spacial score (nSPS) is 24.7. The van der Waals surface area contributed by atoms with Crippen molar-refractivity contribution in [3.05, 3.63) is 54.1 Å². The van der Waals surface area contributed by atoms with E-state index in [1.165, 1.54) is 36.3 Å². The molecule has 2 aromatic rings. The van der Waals surface area contributed by atoms with Crippen molar-refractivity contribution < 1.29 is 9.53 Å². The van der Waals surface area contributed by atoms with Gasteiger partial charge in [0.2, 0.25) is 5.91 Å². The zero-order chi connectivity index (χ0) is 24.4. The predicted octanol–water partition coefficient (Wildman–Crippen LogP) is 4.21. The molecule has 3 aliphatic heterocycles. The number of piperazine rings is 1. The van der Waals surface area contributed by atoms with E-state index in [0.717, 1.165) is 57.5 Å². The molecule has 6 heteroatoms. The van der Waals surface area contributed by atoms with Gasteiger partial charge in [-0.2, -0.15) is 0 Å². The van der Waals surface area contributed by atoms with E-state index < -0.39 is 0 Å². The molecule has 3 heterocycles. The smallest absolute Gasteiger partial charge is 0.232 e. The zero-order valence-corrected chi connectivity index (χ0v) is 21.5. The number of anilines is 2. The Morgan fingerprint density at radius 1 is 0.971 bits per heavy atom. The van der Waals surface area contributed by atoms with Gasteiger partial charge in [0.25, 0.3) is 0 Å². The molecule has 3 aliphatic rings. The molecule has 2 saturated heterocycles. The number of carbonyl (C=O) groups is 1. The van der Waals surface area contributed by atoms with Gasteiger partial charge in [-0.05, 0) is 75.5 Å². The number of rotatable bonds is 7. The summed E-state index contributed by atoms with van der Waals surface area (Å²) in [5.41, 5.74) is 3.56. The van der Waals surface area contributed by atoms with Gasteiger partial charge in [0.1, 0.15) is 5.75 Å². The molecule has 188 valence electrons. The maximum Gasteiger partial charge on any atom is 0.232 e. The maximum atomic E-state index is 13.5. The molecule has 6 nitrogen and oxygen atoms in total. The average molecular weight is 477 g/mol. The summed E-state index contributed by atoms with van der Waals surface area (Å²) in [6.45, 7) is 10.9. The molecule has 2 fully saturated rings. The van der Waals surface area contributed by atoms with Gasteiger partial charge in [0, 0.05) is 63.2 Å². The van der Waals surface area contributed by atoms with Gasteiger partial charge in [-0.25, -0.2) is 0 Å². The van der Waals surface area contributed by atoms with E-state index in [1.54, 1.807) is 0 Å². The minimum absolute atomic E-state index is 0.0761. The van der Waals surface area contributed by atoms with Crippen molar-refractivity contribution in [3.8, 4) is 5.75 Å². The zero-order valence-electron chi connectivity index (χ0n) is 21.5. The Hall–Kier alpha value is -2.73. The van der Waals surface area contributed by atoms with Crippen LogP contribution in [0.1, 0.15) is 44.6 Å². The van der Waals surface area contributed by atoms with E-state index in [9.17, 15) is 4.79 Å². The average Bonchev–Trinajstić information content (AvgIpc) is 3.42. The summed E-state index contributed by atoms with van der Waals surface area (Å²) in [6.07, 6.45) is 3.73. The van der Waals surface area contributed by atoms with Crippen molar-refractivity contribution in [1.82, 2.24) is 9.80 Å². The number of benzene rings is 2. The predicted molar refractivity (Wildman–Crippen MR) is 143 cm³/mol. The van der Waals surface area contributed by atoms with Crippen LogP contribution in [0.3, 0.4) is 0 Å². The van der Waals surface area contributed by atoms with Gasteiger partial charge < -0.3 is 24.3 Å². The molecular weight excluding hydrogens is 436 g/mol. The van der Waals surface area contributed by atoms with E-state index in [-0.39, 0.29) is 17.9 Å². The van der Waals surface area contributed by atoms with Crippen LogP contribution in [0.4, 0.5) is 11.4 Å². The number of carbonyl (C=O) groups excluding carboxylic acids is 1. The number of amides is 1. The topological polar surface area (TPSA) is 39.3 Å². The van der Waals surface area contributed by atoms with Crippen LogP contribution in [0, 0.1) is 0 Å². The lowest BCUT2D eigenvalue weighted by molar-refractivity contribution is -0.133. The fraction of sp³-hybridized carbons (Fsp3) is 0.552. The van der Waals surface area contributed by atoms with Gasteiger partial charge in [0.05, 0.1) is 12.5 Å². The Kier molecular flexibility index (Phi) is 7.19. The van der Waals surface area contributed by atoms with E-state index in [4.69, 9.17) is 4.74 Å². The number of likely N-dealkylation sites (N-methyl/N-ethyl adjacent to an activating group) is 1. The summed E-state index contributed by atoms with van der Waals surface area (Å²) >= 11 is 0. The second-order valence-corrected chi connectivity index (χ2v) is 10.4. The summed E-state index contributed by atoms with van der Waals surface area (Å²) in [4.78, 5) is 22.7. The van der Waals surface area contributed by atoms with Crippen molar-refractivity contribution in [2.24, 2.45) is 0 Å². The molecule has 0 aliphatic carbocycles. The Balaban J connectivity index is 1.10. The van der Waals surface area contributed by atoms with Crippen LogP contribution in [0.15, 0.2) is 48.5 Å². The lowest BCUT2D eigenvalue weighted by Gasteiger charge is -2.38. The molecule has 2 aromatic carbocycles. The highest BCUT2D eigenvalue weighted by molar-refractivity contribution is 5.89. The van der Waals surface area contributed by atoms with Crippen LogP contribution in [-0.4, -0.2) is 80.7 Å². The highest BCUT2D eigenvalue weighted by Gasteiger charge is 2.40. The van der Waals surface area contributed by atoms with E-state index in [0.29, 0.717) is 0 Å². The van der Waals surface area contributed by atoms with Crippen LogP contribution < -0.4 is 14.5 Å². The minimum atomic E-state index is -0.0761. The van der Waals surface area contributed by atoms with Crippen molar-refractivity contribution >= 4 is 17.3 Å². The van der Waals surface area contributed by atoms with Crippen LogP contribution in [0.2, 0.25) is 0 Å². The largest absolute Gasteiger partial charge is 0.494 e. The molecule has 0 bridgehead atoms. The first-order chi connectivity index (χ1) is 17.0. The summed E-state index contributed by atoms with van der Waals surface area (Å²) in [5.74, 6) is 1.13. The lowest BCUT2D eigenvalue weighted by Crippen LogP contribution is -2.51. The Bertz CT molecular complexity index is 1000. The van der Waals surface area contributed by atoms with E-state index in [1.807, 2.05) is 6.07 Å².